The number of carbonyl (C=O) groups is 1. The van der Waals surface area contributed by atoms with Crippen molar-refractivity contribution in [3.63, 3.8) is 0 Å². The predicted octanol–water partition coefficient (Wildman–Crippen LogP) is 7.15. The molecule has 1 atom stereocenters. The van der Waals surface area contributed by atoms with Crippen molar-refractivity contribution in [3.8, 4) is 0 Å². The molecule has 4 aromatic rings. The van der Waals surface area contributed by atoms with E-state index in [1.54, 1.807) is 0 Å². The Morgan fingerprint density at radius 1 is 1.06 bits per heavy atom. The third-order valence-corrected chi connectivity index (χ3v) is 6.96. The number of hydrogen-bond donors (Lipinski definition) is 1. The van der Waals surface area contributed by atoms with E-state index in [1.165, 1.54) is 0 Å². The summed E-state index contributed by atoms with van der Waals surface area (Å²) in [5.74, 6) is 1.46. The average Bonchev–Trinajstić information content (AvgIpc) is 3.62. The molecule has 0 bridgehead atoms. The number of amides is 1. The Morgan fingerprint density at radius 3 is 2.55 bits per heavy atom. The number of rotatable bonds is 7. The molecule has 1 fully saturated rings. The number of imidazole rings is 1. The van der Waals surface area contributed by atoms with E-state index in [9.17, 15) is 4.79 Å². The quantitative estimate of drug-likeness (QED) is 0.307. The maximum Gasteiger partial charge on any atom is 0.251 e. The van der Waals surface area contributed by atoms with Crippen molar-refractivity contribution in [2.45, 2.75) is 44.7 Å². The van der Waals surface area contributed by atoms with Gasteiger partial charge in [-0.2, -0.15) is 0 Å². The van der Waals surface area contributed by atoms with Gasteiger partial charge < -0.3 is 9.88 Å². The fourth-order valence-corrected chi connectivity index (χ4v) is 4.60. The SMILES string of the molecule is CC[C@H](NC(=O)c1ccc2c(c1)nc(C1CC1)n2Cc1ccc(Cl)c(Cl)c1)c1ccccc1. The molecule has 1 heterocycles. The summed E-state index contributed by atoms with van der Waals surface area (Å²) < 4.78 is 2.24. The molecule has 1 N–H and O–H groups in total. The van der Waals surface area contributed by atoms with Crippen molar-refractivity contribution in [2.75, 3.05) is 0 Å². The van der Waals surface area contributed by atoms with Crippen LogP contribution < -0.4 is 5.32 Å². The van der Waals surface area contributed by atoms with E-state index >= 15 is 0 Å². The van der Waals surface area contributed by atoms with E-state index in [-0.39, 0.29) is 11.9 Å². The van der Waals surface area contributed by atoms with Crippen LogP contribution in [0.2, 0.25) is 10.0 Å². The third kappa shape index (κ3) is 4.64. The minimum absolute atomic E-state index is 0.0244. The second kappa shape index (κ2) is 9.20. The number of aromatic nitrogens is 2. The first-order chi connectivity index (χ1) is 16.0. The predicted molar refractivity (Wildman–Crippen MR) is 134 cm³/mol. The molecule has 1 aromatic heterocycles. The van der Waals surface area contributed by atoms with Crippen LogP contribution in [-0.2, 0) is 6.54 Å². The largest absolute Gasteiger partial charge is 0.345 e. The molecule has 33 heavy (non-hydrogen) atoms. The summed E-state index contributed by atoms with van der Waals surface area (Å²) in [6.07, 6.45) is 3.11. The molecule has 168 valence electrons. The van der Waals surface area contributed by atoms with Gasteiger partial charge in [-0.05, 0) is 60.7 Å². The Hall–Kier alpha value is -2.82. The van der Waals surface area contributed by atoms with Crippen molar-refractivity contribution in [1.82, 2.24) is 14.9 Å². The van der Waals surface area contributed by atoms with Gasteiger partial charge in [0, 0.05) is 18.0 Å². The molecule has 1 aliphatic rings. The van der Waals surface area contributed by atoms with Gasteiger partial charge in [-0.15, -0.1) is 0 Å². The summed E-state index contributed by atoms with van der Waals surface area (Å²) in [6, 6.07) is 21.6. The number of halogens is 2. The highest BCUT2D eigenvalue weighted by molar-refractivity contribution is 6.42. The van der Waals surface area contributed by atoms with Gasteiger partial charge in [0.1, 0.15) is 5.82 Å². The van der Waals surface area contributed by atoms with Gasteiger partial charge in [-0.25, -0.2) is 4.98 Å². The van der Waals surface area contributed by atoms with Gasteiger partial charge in [0.05, 0.1) is 27.1 Å². The fourth-order valence-electron chi connectivity index (χ4n) is 4.28. The van der Waals surface area contributed by atoms with Crippen molar-refractivity contribution in [3.05, 3.63) is 99.3 Å². The Balaban J connectivity index is 1.44. The zero-order valence-electron chi connectivity index (χ0n) is 18.4. The first-order valence-corrected chi connectivity index (χ1v) is 12.1. The standard InChI is InChI=1S/C27H25Cl2N3O/c1-2-23(18-6-4-3-5-7-18)31-27(33)20-11-13-25-24(15-20)30-26(19-9-10-19)32(25)16-17-8-12-21(28)22(29)14-17/h3-8,11-15,19,23H,2,9-10,16H2,1H3,(H,31,33)/t23-/m0/s1. The molecule has 0 spiro atoms. The van der Waals surface area contributed by atoms with Crippen LogP contribution in [0.4, 0.5) is 0 Å². The summed E-state index contributed by atoms with van der Waals surface area (Å²) >= 11 is 12.3. The highest BCUT2D eigenvalue weighted by atomic mass is 35.5. The smallest absolute Gasteiger partial charge is 0.251 e. The van der Waals surface area contributed by atoms with Gasteiger partial charge in [0.25, 0.3) is 5.91 Å². The van der Waals surface area contributed by atoms with Crippen molar-refractivity contribution in [1.29, 1.82) is 0 Å². The second-order valence-electron chi connectivity index (χ2n) is 8.63. The number of nitrogens with zero attached hydrogens (tertiary/aromatic N) is 2. The summed E-state index contributed by atoms with van der Waals surface area (Å²) in [6.45, 7) is 2.74. The maximum absolute atomic E-state index is 13.1. The van der Waals surface area contributed by atoms with Gasteiger partial charge in [0.15, 0.2) is 0 Å². The van der Waals surface area contributed by atoms with Crippen LogP contribution in [0.25, 0.3) is 11.0 Å². The van der Waals surface area contributed by atoms with Gasteiger partial charge in [-0.3, -0.25) is 4.79 Å². The summed E-state index contributed by atoms with van der Waals surface area (Å²) in [4.78, 5) is 18.0. The lowest BCUT2D eigenvalue weighted by Gasteiger charge is -2.17. The second-order valence-corrected chi connectivity index (χ2v) is 9.44. The first kappa shape index (κ1) is 22.0. The molecule has 0 aliphatic heterocycles. The highest BCUT2D eigenvalue weighted by Gasteiger charge is 2.30. The fraction of sp³-hybridized carbons (Fsp3) is 0.259. The van der Waals surface area contributed by atoms with Crippen molar-refractivity contribution in [2.24, 2.45) is 0 Å². The van der Waals surface area contributed by atoms with Gasteiger partial charge >= 0.3 is 0 Å². The lowest BCUT2D eigenvalue weighted by Crippen LogP contribution is -2.28. The van der Waals surface area contributed by atoms with Crippen LogP contribution >= 0.6 is 23.2 Å². The van der Waals surface area contributed by atoms with Crippen LogP contribution in [0.15, 0.2) is 66.7 Å². The summed E-state index contributed by atoms with van der Waals surface area (Å²) in [5, 5.41) is 4.27. The van der Waals surface area contributed by atoms with E-state index in [2.05, 4.69) is 16.8 Å². The molecule has 6 heteroatoms. The third-order valence-electron chi connectivity index (χ3n) is 6.22. The molecule has 3 aromatic carbocycles. The van der Waals surface area contributed by atoms with Crippen LogP contribution in [0.5, 0.6) is 0 Å². The monoisotopic (exact) mass is 477 g/mol. The normalized spacial score (nSPS) is 14.4. The molecular weight excluding hydrogens is 453 g/mol. The summed E-state index contributed by atoms with van der Waals surface area (Å²) in [7, 11) is 0. The number of carbonyl (C=O) groups excluding carboxylic acids is 1. The number of nitrogens with one attached hydrogen (secondary N) is 1. The average molecular weight is 478 g/mol. The number of fused-ring (bicyclic) bond motifs is 1. The van der Waals surface area contributed by atoms with Crippen molar-refractivity contribution >= 4 is 40.1 Å². The zero-order chi connectivity index (χ0) is 22.9. The van der Waals surface area contributed by atoms with Crippen LogP contribution in [0.1, 0.15) is 65.5 Å². The molecule has 0 unspecified atom stereocenters. The first-order valence-electron chi connectivity index (χ1n) is 11.3. The molecule has 4 nitrogen and oxygen atoms in total. The lowest BCUT2D eigenvalue weighted by atomic mass is 10.0. The van der Waals surface area contributed by atoms with Gasteiger partial charge in [0.2, 0.25) is 0 Å². The molecule has 0 radical (unpaired) electrons. The minimum atomic E-state index is -0.0837. The topological polar surface area (TPSA) is 46.9 Å². The lowest BCUT2D eigenvalue weighted by molar-refractivity contribution is 0.0935. The Kier molecular flexibility index (Phi) is 6.13. The van der Waals surface area contributed by atoms with E-state index in [0.717, 1.165) is 47.2 Å². The Labute approximate surface area is 203 Å². The molecule has 1 amide bonds. The van der Waals surface area contributed by atoms with Crippen molar-refractivity contribution < 1.29 is 4.79 Å². The Morgan fingerprint density at radius 2 is 1.85 bits per heavy atom. The summed E-state index contributed by atoms with van der Waals surface area (Å²) in [5.41, 5.74) is 4.67. The number of benzene rings is 3. The van der Waals surface area contributed by atoms with E-state index in [4.69, 9.17) is 28.2 Å². The van der Waals surface area contributed by atoms with Crippen LogP contribution in [0, 0.1) is 0 Å². The Bertz CT molecular complexity index is 1310. The van der Waals surface area contributed by atoms with Crippen LogP contribution in [0.3, 0.4) is 0 Å². The van der Waals surface area contributed by atoms with E-state index in [1.807, 2.05) is 66.7 Å². The minimum Gasteiger partial charge on any atom is -0.345 e. The number of hydrogen-bond acceptors (Lipinski definition) is 2. The maximum atomic E-state index is 13.1. The molecular formula is C27H25Cl2N3O. The molecule has 0 saturated heterocycles. The molecule has 1 aliphatic carbocycles. The molecule has 5 rings (SSSR count). The highest BCUT2D eigenvalue weighted by Crippen LogP contribution is 2.41. The zero-order valence-corrected chi connectivity index (χ0v) is 19.9. The molecule has 1 saturated carbocycles. The van der Waals surface area contributed by atoms with Crippen LogP contribution in [-0.4, -0.2) is 15.5 Å². The van der Waals surface area contributed by atoms with E-state index in [0.29, 0.717) is 28.1 Å². The van der Waals surface area contributed by atoms with Gasteiger partial charge in [-0.1, -0.05) is 66.5 Å². The van der Waals surface area contributed by atoms with E-state index < -0.39 is 0 Å².